The molecular weight excluding hydrogens is 274 g/mol. The Morgan fingerprint density at radius 2 is 1.71 bits per heavy atom. The van der Waals surface area contributed by atoms with Crippen LogP contribution in [-0.4, -0.2) is 0 Å². The maximum atomic E-state index is 2.36. The normalized spacial score (nSPS) is 28.3. The van der Waals surface area contributed by atoms with Gasteiger partial charge in [0.1, 0.15) is 0 Å². The van der Waals surface area contributed by atoms with Gasteiger partial charge in [-0.25, -0.2) is 0 Å². The van der Waals surface area contributed by atoms with E-state index >= 15 is 0 Å². The molecule has 0 aromatic rings. The Morgan fingerprint density at radius 3 is 2.29 bits per heavy atom. The SMILES string of the molecule is C[C]1([Ti])C=CC2=C1CCCC2.Cl.Cl.Cl. The van der Waals surface area contributed by atoms with Crippen LogP contribution < -0.4 is 0 Å². The van der Waals surface area contributed by atoms with Crippen LogP contribution in [0.2, 0.25) is 3.72 Å². The summed E-state index contributed by atoms with van der Waals surface area (Å²) in [4.78, 5) is 0. The summed E-state index contributed by atoms with van der Waals surface area (Å²) in [6.07, 6.45) is 10.2. The maximum absolute atomic E-state index is 2.36. The van der Waals surface area contributed by atoms with Gasteiger partial charge in [0, 0.05) is 0 Å². The van der Waals surface area contributed by atoms with Crippen molar-refractivity contribution in [2.75, 3.05) is 0 Å². The molecule has 0 aromatic carbocycles. The van der Waals surface area contributed by atoms with Gasteiger partial charge in [0.25, 0.3) is 0 Å². The van der Waals surface area contributed by atoms with Gasteiger partial charge in [-0.1, -0.05) is 0 Å². The van der Waals surface area contributed by atoms with Crippen molar-refractivity contribution in [1.82, 2.24) is 0 Å². The summed E-state index contributed by atoms with van der Waals surface area (Å²) in [5, 5.41) is 0. The predicted molar refractivity (Wildman–Crippen MR) is 64.7 cm³/mol. The molecule has 0 nitrogen and oxygen atoms in total. The van der Waals surface area contributed by atoms with Crippen molar-refractivity contribution in [2.24, 2.45) is 0 Å². The third-order valence-electron chi connectivity index (χ3n) is 2.76. The molecule has 0 N–H and O–H groups in total. The van der Waals surface area contributed by atoms with E-state index in [1.165, 1.54) is 25.7 Å². The molecule has 0 amide bonds. The molecule has 2 rings (SSSR count). The zero-order valence-corrected chi connectivity index (χ0v) is 12.2. The Kier molecular flexibility index (Phi) is 8.24. The monoisotopic (exact) mass is 289 g/mol. The van der Waals surface area contributed by atoms with Gasteiger partial charge in [-0.15, -0.1) is 37.2 Å². The second kappa shape index (κ2) is 6.60. The van der Waals surface area contributed by atoms with Crippen molar-refractivity contribution in [3.8, 4) is 0 Å². The molecule has 1 unspecified atom stereocenters. The van der Waals surface area contributed by atoms with Gasteiger partial charge in [-0.05, 0) is 0 Å². The first-order chi connectivity index (χ1) is 5.20. The van der Waals surface area contributed by atoms with Crippen molar-refractivity contribution in [3.05, 3.63) is 23.3 Å². The fourth-order valence-corrected chi connectivity index (χ4v) is 2.65. The molecule has 4 heteroatoms. The van der Waals surface area contributed by atoms with Crippen LogP contribution in [0.25, 0.3) is 0 Å². The van der Waals surface area contributed by atoms with E-state index in [0.29, 0.717) is 3.72 Å². The second-order valence-electron chi connectivity index (χ2n) is 3.75. The molecule has 0 radical (unpaired) electrons. The molecule has 0 spiro atoms. The smallest absolute Gasteiger partial charge is 0.147 e. The number of allylic oxidation sites excluding steroid dienone is 4. The van der Waals surface area contributed by atoms with E-state index in [9.17, 15) is 0 Å². The average molecular weight is 290 g/mol. The maximum Gasteiger partial charge on any atom is -0.147 e. The second-order valence-corrected chi connectivity index (χ2v) is 5.37. The Labute approximate surface area is 117 Å². The summed E-state index contributed by atoms with van der Waals surface area (Å²) in [7, 11) is 0. The van der Waals surface area contributed by atoms with E-state index in [2.05, 4.69) is 39.5 Å². The van der Waals surface area contributed by atoms with Gasteiger partial charge in [0.15, 0.2) is 0 Å². The van der Waals surface area contributed by atoms with E-state index in [1.54, 1.807) is 11.1 Å². The molecule has 1 atom stereocenters. The van der Waals surface area contributed by atoms with Crippen LogP contribution in [0, 0.1) is 0 Å². The van der Waals surface area contributed by atoms with Crippen molar-refractivity contribution >= 4 is 37.2 Å². The number of hydrogen-bond donors (Lipinski definition) is 0. The van der Waals surface area contributed by atoms with Gasteiger partial charge < -0.3 is 0 Å². The van der Waals surface area contributed by atoms with Gasteiger partial charge in [0.05, 0.1) is 0 Å². The number of halogens is 3. The first kappa shape index (κ1) is 17.5. The molecule has 0 saturated heterocycles. The molecule has 14 heavy (non-hydrogen) atoms. The molecule has 0 saturated carbocycles. The molecule has 0 bridgehead atoms. The van der Waals surface area contributed by atoms with E-state index in [1.807, 2.05) is 0 Å². The Hall–Kier alpha value is 1.06. The molecule has 0 aromatic heterocycles. The Morgan fingerprint density at radius 1 is 1.14 bits per heavy atom. The fourth-order valence-electron chi connectivity index (χ4n) is 2.07. The summed E-state index contributed by atoms with van der Waals surface area (Å²) in [5.41, 5.74) is 3.35. The minimum Gasteiger partial charge on any atom is -0.147 e. The predicted octanol–water partition coefficient (Wildman–Crippen LogP) is 4.42. The van der Waals surface area contributed by atoms with Gasteiger partial charge in [0.2, 0.25) is 0 Å². The molecular formula is C10H16Cl3Ti. The van der Waals surface area contributed by atoms with E-state index in [4.69, 9.17) is 0 Å². The summed E-state index contributed by atoms with van der Waals surface area (Å²) >= 11 is 2.33. The van der Waals surface area contributed by atoms with Crippen LogP contribution in [0.15, 0.2) is 23.3 Å². The number of hydrogen-bond acceptors (Lipinski definition) is 0. The van der Waals surface area contributed by atoms with Crippen molar-refractivity contribution < 1.29 is 20.4 Å². The summed E-state index contributed by atoms with van der Waals surface area (Å²) < 4.78 is 0.385. The van der Waals surface area contributed by atoms with E-state index in [0.717, 1.165) is 0 Å². The first-order valence-corrected chi connectivity index (χ1v) is 5.15. The molecule has 0 aliphatic heterocycles. The number of rotatable bonds is 0. The van der Waals surface area contributed by atoms with Crippen LogP contribution >= 0.6 is 37.2 Å². The molecule has 0 fully saturated rings. The minimum absolute atomic E-state index is 0. The topological polar surface area (TPSA) is 0 Å². The van der Waals surface area contributed by atoms with E-state index in [-0.39, 0.29) is 37.2 Å². The van der Waals surface area contributed by atoms with Crippen LogP contribution in [0.4, 0.5) is 0 Å². The molecule has 81 valence electrons. The van der Waals surface area contributed by atoms with Crippen LogP contribution in [0.3, 0.4) is 0 Å². The zero-order valence-electron chi connectivity index (χ0n) is 8.21. The summed E-state index contributed by atoms with van der Waals surface area (Å²) in [5.74, 6) is 0. The van der Waals surface area contributed by atoms with E-state index < -0.39 is 0 Å². The first-order valence-electron chi connectivity index (χ1n) is 4.37. The van der Waals surface area contributed by atoms with Crippen LogP contribution in [0.5, 0.6) is 0 Å². The fraction of sp³-hybridized carbons (Fsp3) is 0.600. The standard InChI is InChI=1S/C10H13.3ClH.Ti/c1-8-6-7-9-4-2-3-5-10(8)9;;;;/h6-7H,2-5H2,1H3;3*1H;. The Balaban J connectivity index is 0. The van der Waals surface area contributed by atoms with Gasteiger partial charge in [-0.2, -0.15) is 0 Å². The molecule has 2 aliphatic rings. The molecule has 2 aliphatic carbocycles. The zero-order chi connectivity index (χ0) is 7.90. The summed E-state index contributed by atoms with van der Waals surface area (Å²) in [6, 6.07) is 0. The minimum atomic E-state index is 0. The van der Waals surface area contributed by atoms with Crippen molar-refractivity contribution in [3.63, 3.8) is 0 Å². The van der Waals surface area contributed by atoms with Crippen molar-refractivity contribution in [1.29, 1.82) is 0 Å². The molecule has 0 heterocycles. The van der Waals surface area contributed by atoms with Crippen LogP contribution in [0.1, 0.15) is 32.6 Å². The van der Waals surface area contributed by atoms with Gasteiger partial charge in [-0.3, -0.25) is 0 Å². The van der Waals surface area contributed by atoms with Gasteiger partial charge >= 0.3 is 80.1 Å². The van der Waals surface area contributed by atoms with Crippen LogP contribution in [-0.2, 0) is 20.4 Å². The quantitative estimate of drug-likeness (QED) is 0.579. The summed E-state index contributed by atoms with van der Waals surface area (Å²) in [6.45, 7) is 2.33. The third kappa shape index (κ3) is 3.28. The Bertz CT molecular complexity index is 244. The third-order valence-corrected chi connectivity index (χ3v) is 3.49. The largest absolute Gasteiger partial charge is 0.147 e. The average Bonchev–Trinajstić information content (AvgIpc) is 2.29. The van der Waals surface area contributed by atoms with Crippen molar-refractivity contribution in [2.45, 2.75) is 36.3 Å².